The van der Waals surface area contributed by atoms with Gasteiger partial charge in [0.05, 0.1) is 0 Å². The van der Waals surface area contributed by atoms with Crippen LogP contribution in [0.4, 0.5) is 0 Å². The second-order valence-electron chi connectivity index (χ2n) is 19.5. The topological polar surface area (TPSA) is 78.9 Å². The van der Waals surface area contributed by atoms with Gasteiger partial charge in [-0.3, -0.25) is 14.4 Å². The molecule has 0 aromatic rings. The van der Waals surface area contributed by atoms with Crippen LogP contribution in [0.1, 0.15) is 278 Å². The maximum absolute atomic E-state index is 12.9. The fourth-order valence-electron chi connectivity index (χ4n) is 8.12. The van der Waals surface area contributed by atoms with Gasteiger partial charge >= 0.3 is 17.9 Å². The molecule has 0 aromatic heterocycles. The van der Waals surface area contributed by atoms with Crippen molar-refractivity contribution in [3.8, 4) is 0 Å². The molecule has 0 bridgehead atoms. The van der Waals surface area contributed by atoms with Gasteiger partial charge in [0.1, 0.15) is 13.2 Å². The standard InChI is InChI=1S/C65H110O6/c1-4-7-10-13-16-19-22-25-28-30-31-32-33-35-37-40-43-46-49-52-55-58-64(67)70-61-62(60-69-63(66)57-54-51-48-45-42-39-36-27-24-21-18-15-12-9-6-3)71-65(68)59-56-53-50-47-44-41-38-34-29-26-23-20-17-14-11-8-5-2/h7,10,16,18-19,21,25,27-28,31-32,35-37,43,46,62H,4-6,8-9,11-15,17,20,22-24,26,29-30,33-34,38-42,44-45,47-61H2,1-3H3/b10-7-,19-16-,21-18-,28-25-,32-31-,36-27-,37-35-,46-43-. The lowest BCUT2D eigenvalue weighted by atomic mass is 10.0. The van der Waals surface area contributed by atoms with E-state index in [1.54, 1.807) is 0 Å². The van der Waals surface area contributed by atoms with Gasteiger partial charge in [-0.25, -0.2) is 0 Å². The Bertz CT molecular complexity index is 1410. The summed E-state index contributed by atoms with van der Waals surface area (Å²) in [6, 6.07) is 0. The monoisotopic (exact) mass is 987 g/mol. The van der Waals surface area contributed by atoms with Crippen LogP contribution < -0.4 is 0 Å². The number of hydrogen-bond acceptors (Lipinski definition) is 6. The summed E-state index contributed by atoms with van der Waals surface area (Å²) < 4.78 is 16.8. The Hall–Kier alpha value is -3.67. The molecule has 6 heteroatoms. The highest BCUT2D eigenvalue weighted by molar-refractivity contribution is 5.71. The van der Waals surface area contributed by atoms with E-state index in [0.29, 0.717) is 19.3 Å². The van der Waals surface area contributed by atoms with Crippen LogP contribution in [-0.4, -0.2) is 37.2 Å². The lowest BCUT2D eigenvalue weighted by Gasteiger charge is -2.18. The highest BCUT2D eigenvalue weighted by Crippen LogP contribution is 2.16. The molecule has 0 amide bonds. The summed E-state index contributed by atoms with van der Waals surface area (Å²) >= 11 is 0. The average molecular weight is 988 g/mol. The van der Waals surface area contributed by atoms with E-state index in [1.165, 1.54) is 116 Å². The zero-order valence-electron chi connectivity index (χ0n) is 46.5. The van der Waals surface area contributed by atoms with Gasteiger partial charge in [0.2, 0.25) is 0 Å². The lowest BCUT2D eigenvalue weighted by molar-refractivity contribution is -0.167. The van der Waals surface area contributed by atoms with Crippen LogP contribution in [0.15, 0.2) is 97.2 Å². The molecule has 0 spiro atoms. The zero-order chi connectivity index (χ0) is 51.4. The van der Waals surface area contributed by atoms with Gasteiger partial charge in [0.15, 0.2) is 6.10 Å². The van der Waals surface area contributed by atoms with E-state index in [2.05, 4.69) is 118 Å². The molecule has 0 aliphatic heterocycles. The summed E-state index contributed by atoms with van der Waals surface area (Å²) in [6.45, 7) is 6.47. The number of carbonyl (C=O) groups is 3. The molecule has 0 saturated carbocycles. The molecule has 0 heterocycles. The molecule has 0 aliphatic rings. The second-order valence-corrected chi connectivity index (χ2v) is 19.5. The van der Waals surface area contributed by atoms with Gasteiger partial charge in [-0.2, -0.15) is 0 Å². The Morgan fingerprint density at radius 2 is 0.549 bits per heavy atom. The molecule has 6 nitrogen and oxygen atoms in total. The Morgan fingerprint density at radius 1 is 0.296 bits per heavy atom. The zero-order valence-corrected chi connectivity index (χ0v) is 46.5. The van der Waals surface area contributed by atoms with Crippen molar-refractivity contribution in [1.82, 2.24) is 0 Å². The van der Waals surface area contributed by atoms with Crippen molar-refractivity contribution in [1.29, 1.82) is 0 Å². The van der Waals surface area contributed by atoms with E-state index in [4.69, 9.17) is 14.2 Å². The fourth-order valence-corrected chi connectivity index (χ4v) is 8.12. The molecule has 0 fully saturated rings. The molecule has 0 radical (unpaired) electrons. The van der Waals surface area contributed by atoms with Crippen molar-refractivity contribution >= 4 is 17.9 Å². The van der Waals surface area contributed by atoms with Gasteiger partial charge in [-0.1, -0.05) is 253 Å². The third-order valence-corrected chi connectivity index (χ3v) is 12.6. The Labute approximate surface area is 438 Å². The minimum atomic E-state index is -0.801. The van der Waals surface area contributed by atoms with Gasteiger partial charge in [-0.05, 0) is 103 Å². The van der Waals surface area contributed by atoms with Crippen LogP contribution in [0.25, 0.3) is 0 Å². The molecule has 0 saturated heterocycles. The van der Waals surface area contributed by atoms with Gasteiger partial charge in [0, 0.05) is 19.3 Å². The molecular weight excluding hydrogens is 877 g/mol. The smallest absolute Gasteiger partial charge is 0.306 e. The van der Waals surface area contributed by atoms with Crippen LogP contribution in [0.2, 0.25) is 0 Å². The van der Waals surface area contributed by atoms with E-state index in [1.807, 2.05) is 0 Å². The first-order valence-corrected chi connectivity index (χ1v) is 29.7. The number of unbranched alkanes of at least 4 members (excludes halogenated alkanes) is 26. The first-order valence-electron chi connectivity index (χ1n) is 29.7. The van der Waals surface area contributed by atoms with Crippen LogP contribution in [0.3, 0.4) is 0 Å². The molecule has 0 rings (SSSR count). The normalized spacial score (nSPS) is 12.8. The summed E-state index contributed by atoms with van der Waals surface area (Å²) in [5, 5.41) is 0. The van der Waals surface area contributed by atoms with E-state index >= 15 is 0 Å². The Balaban J connectivity index is 4.47. The summed E-state index contributed by atoms with van der Waals surface area (Å²) in [7, 11) is 0. The highest BCUT2D eigenvalue weighted by Gasteiger charge is 2.19. The van der Waals surface area contributed by atoms with E-state index in [9.17, 15) is 14.4 Å². The second kappa shape index (κ2) is 58.9. The minimum Gasteiger partial charge on any atom is -0.462 e. The van der Waals surface area contributed by atoms with Crippen molar-refractivity contribution < 1.29 is 28.6 Å². The molecule has 0 aromatic carbocycles. The first kappa shape index (κ1) is 67.3. The van der Waals surface area contributed by atoms with Crippen molar-refractivity contribution in [2.24, 2.45) is 0 Å². The van der Waals surface area contributed by atoms with E-state index in [-0.39, 0.29) is 31.1 Å². The Morgan fingerprint density at radius 3 is 0.915 bits per heavy atom. The summed E-state index contributed by atoms with van der Waals surface area (Å²) in [6.07, 6.45) is 78.3. The maximum Gasteiger partial charge on any atom is 0.306 e. The average Bonchev–Trinajstić information content (AvgIpc) is 3.37. The number of esters is 3. The van der Waals surface area contributed by atoms with Gasteiger partial charge in [0.25, 0.3) is 0 Å². The number of carbonyl (C=O) groups excluding carboxylic acids is 3. The largest absolute Gasteiger partial charge is 0.462 e. The van der Waals surface area contributed by atoms with Crippen LogP contribution >= 0.6 is 0 Å². The summed E-state index contributed by atoms with van der Waals surface area (Å²) in [5.41, 5.74) is 0. The maximum atomic E-state index is 12.9. The lowest BCUT2D eigenvalue weighted by Crippen LogP contribution is -2.30. The van der Waals surface area contributed by atoms with Crippen LogP contribution in [0, 0.1) is 0 Å². The van der Waals surface area contributed by atoms with Crippen molar-refractivity contribution in [3.63, 3.8) is 0 Å². The predicted octanol–water partition coefficient (Wildman–Crippen LogP) is 20.1. The molecule has 0 N–H and O–H groups in total. The molecule has 1 atom stereocenters. The van der Waals surface area contributed by atoms with Crippen LogP contribution in [0.5, 0.6) is 0 Å². The first-order chi connectivity index (χ1) is 35.0. The predicted molar refractivity (Wildman–Crippen MR) is 307 cm³/mol. The third kappa shape index (κ3) is 57.1. The summed E-state index contributed by atoms with van der Waals surface area (Å²) in [4.78, 5) is 38.2. The fraction of sp³-hybridized carbons (Fsp3) is 0.708. The molecule has 406 valence electrons. The highest BCUT2D eigenvalue weighted by atomic mass is 16.6. The van der Waals surface area contributed by atoms with Gasteiger partial charge in [-0.15, -0.1) is 0 Å². The molecule has 0 aliphatic carbocycles. The number of rotatable bonds is 53. The molecule has 71 heavy (non-hydrogen) atoms. The van der Waals surface area contributed by atoms with Gasteiger partial charge < -0.3 is 14.2 Å². The quantitative estimate of drug-likeness (QED) is 0.0261. The molecular formula is C65H110O6. The minimum absolute atomic E-state index is 0.0974. The van der Waals surface area contributed by atoms with Crippen molar-refractivity contribution in [2.75, 3.05) is 13.2 Å². The van der Waals surface area contributed by atoms with E-state index < -0.39 is 6.10 Å². The number of ether oxygens (including phenoxy) is 3. The number of hydrogen-bond donors (Lipinski definition) is 0. The molecule has 1 unspecified atom stereocenters. The van der Waals surface area contributed by atoms with Crippen molar-refractivity contribution in [3.05, 3.63) is 97.2 Å². The Kier molecular flexibility index (Phi) is 55.9. The van der Waals surface area contributed by atoms with E-state index in [0.717, 1.165) is 122 Å². The van der Waals surface area contributed by atoms with Crippen LogP contribution in [-0.2, 0) is 28.6 Å². The SMILES string of the molecule is CC/C=C\C/C=C\C/C=C\C/C=C\C/C=C\C/C=C\CCCCC(=O)OCC(COC(=O)CCCCCCC/C=C\C/C=C\CCCCC)OC(=O)CCCCCCCCCCCCCCCCCCC. The van der Waals surface area contributed by atoms with Crippen molar-refractivity contribution in [2.45, 2.75) is 284 Å². The third-order valence-electron chi connectivity index (χ3n) is 12.6. The number of allylic oxidation sites excluding steroid dienone is 16. The summed E-state index contributed by atoms with van der Waals surface area (Å²) in [5.74, 6) is -0.947.